The number of piperazine rings is 1. The number of hydrogen-bond acceptors (Lipinski definition) is 7. The van der Waals surface area contributed by atoms with Crippen LogP contribution in [0, 0.1) is 0 Å². The van der Waals surface area contributed by atoms with Crippen LogP contribution in [0.1, 0.15) is 40.7 Å². The Labute approximate surface area is 206 Å². The van der Waals surface area contributed by atoms with Crippen molar-refractivity contribution in [1.82, 2.24) is 24.9 Å². The zero-order valence-corrected chi connectivity index (χ0v) is 19.8. The van der Waals surface area contributed by atoms with Gasteiger partial charge in [-0.05, 0) is 25.5 Å². The van der Waals surface area contributed by atoms with E-state index in [1.165, 1.54) is 20.5 Å². The Kier molecular flexibility index (Phi) is 8.60. The highest BCUT2D eigenvalue weighted by atomic mass is 16.6. The summed E-state index contributed by atoms with van der Waals surface area (Å²) in [6.45, 7) is 2.82. The summed E-state index contributed by atoms with van der Waals surface area (Å²) in [6.07, 6.45) is -0.982. The molecule has 13 nitrogen and oxygen atoms in total. The third-order valence-electron chi connectivity index (χ3n) is 5.56. The van der Waals surface area contributed by atoms with Gasteiger partial charge in [0.1, 0.15) is 11.7 Å². The van der Waals surface area contributed by atoms with Crippen molar-refractivity contribution in [3.05, 3.63) is 47.8 Å². The van der Waals surface area contributed by atoms with Crippen molar-refractivity contribution in [1.29, 1.82) is 0 Å². The maximum atomic E-state index is 13.2. The molecule has 0 saturated carbocycles. The first kappa shape index (κ1) is 26.2. The van der Waals surface area contributed by atoms with Gasteiger partial charge in [-0.25, -0.2) is 9.48 Å². The quantitative estimate of drug-likeness (QED) is 0.438. The lowest BCUT2D eigenvalue weighted by molar-refractivity contribution is -0.138. The van der Waals surface area contributed by atoms with Crippen LogP contribution in [0.4, 0.5) is 4.79 Å². The summed E-state index contributed by atoms with van der Waals surface area (Å²) in [4.78, 5) is 64.1. The summed E-state index contributed by atoms with van der Waals surface area (Å²) in [5, 5.41) is 15.8. The molecule has 0 unspecified atom stereocenters. The second-order valence-corrected chi connectivity index (χ2v) is 8.00. The highest BCUT2D eigenvalue weighted by Gasteiger charge is 2.31. The Bertz CT molecular complexity index is 1130. The van der Waals surface area contributed by atoms with E-state index < -0.39 is 35.8 Å². The Hall–Kier alpha value is -4.42. The Balaban J connectivity index is 1.75. The van der Waals surface area contributed by atoms with Crippen molar-refractivity contribution < 1.29 is 33.8 Å². The maximum Gasteiger partial charge on any atom is 0.409 e. The zero-order chi connectivity index (χ0) is 26.2. The molecule has 4 N–H and O–H groups in total. The number of amides is 4. The second kappa shape index (κ2) is 11.8. The summed E-state index contributed by atoms with van der Waals surface area (Å²) >= 11 is 0. The minimum absolute atomic E-state index is 0.0325. The highest BCUT2D eigenvalue weighted by Crippen LogP contribution is 2.14. The number of primary amides is 1. The molecule has 1 aliphatic rings. The first-order valence-corrected chi connectivity index (χ1v) is 11.4. The summed E-state index contributed by atoms with van der Waals surface area (Å²) in [7, 11) is 0. The molecule has 1 saturated heterocycles. The average molecular weight is 501 g/mol. The molecular formula is C23H28N6O7. The predicted molar refractivity (Wildman–Crippen MR) is 125 cm³/mol. The monoisotopic (exact) mass is 500 g/mol. The first-order chi connectivity index (χ1) is 17.2. The highest BCUT2D eigenvalue weighted by molar-refractivity contribution is 5.99. The summed E-state index contributed by atoms with van der Waals surface area (Å²) < 4.78 is 6.19. The fourth-order valence-electron chi connectivity index (χ4n) is 3.74. The number of carboxylic acid groups (broad SMARTS) is 1. The number of para-hydroxylation sites is 1. The number of carbonyl (C=O) groups is 5. The topological polar surface area (TPSA) is 177 Å². The fraction of sp³-hybridized carbons (Fsp3) is 0.391. The normalized spacial score (nSPS) is 14.1. The number of ether oxygens (including phenoxy) is 1. The number of aliphatic carboxylic acids is 1. The number of nitrogens with two attached hydrogens (primary N) is 1. The number of hydrogen-bond donors (Lipinski definition) is 3. The van der Waals surface area contributed by atoms with Gasteiger partial charge >= 0.3 is 12.1 Å². The van der Waals surface area contributed by atoms with Crippen LogP contribution in [0.15, 0.2) is 36.4 Å². The van der Waals surface area contributed by atoms with Gasteiger partial charge in [0.2, 0.25) is 5.91 Å². The summed E-state index contributed by atoms with van der Waals surface area (Å²) in [6, 6.07) is 8.64. The van der Waals surface area contributed by atoms with Crippen molar-refractivity contribution in [2.24, 2.45) is 5.73 Å². The lowest BCUT2D eigenvalue weighted by Crippen LogP contribution is -2.56. The molecule has 0 radical (unpaired) electrons. The van der Waals surface area contributed by atoms with Crippen molar-refractivity contribution >= 4 is 29.8 Å². The molecule has 0 bridgehead atoms. The maximum absolute atomic E-state index is 13.2. The van der Waals surface area contributed by atoms with Gasteiger partial charge < -0.3 is 30.7 Å². The van der Waals surface area contributed by atoms with Gasteiger partial charge in [-0.1, -0.05) is 18.2 Å². The van der Waals surface area contributed by atoms with E-state index in [9.17, 15) is 24.0 Å². The number of nitrogens with one attached hydrogen (secondary N) is 1. The van der Waals surface area contributed by atoms with Gasteiger partial charge in [0.15, 0.2) is 5.69 Å². The van der Waals surface area contributed by atoms with Crippen molar-refractivity contribution in [3.63, 3.8) is 0 Å². The molecule has 1 aliphatic heterocycles. The number of carbonyl (C=O) groups excluding carboxylic acids is 4. The van der Waals surface area contributed by atoms with Gasteiger partial charge in [0.25, 0.3) is 11.8 Å². The molecule has 1 fully saturated rings. The SMILES string of the molecule is CCOC(=O)N1CCN(C(=O)[C@H](CCC(=O)O)NC(=O)c2cc(C(N)=O)n(-c3ccccc3)n2)CC1. The fourth-order valence-corrected chi connectivity index (χ4v) is 3.74. The Morgan fingerprint density at radius 2 is 1.72 bits per heavy atom. The zero-order valence-electron chi connectivity index (χ0n) is 19.8. The number of benzene rings is 1. The smallest absolute Gasteiger partial charge is 0.409 e. The van der Waals surface area contributed by atoms with Crippen LogP contribution in [0.2, 0.25) is 0 Å². The Morgan fingerprint density at radius 3 is 2.31 bits per heavy atom. The molecule has 1 aromatic heterocycles. The molecule has 2 aromatic rings. The van der Waals surface area contributed by atoms with Crippen LogP contribution in [0.5, 0.6) is 0 Å². The molecule has 2 heterocycles. The third-order valence-corrected chi connectivity index (χ3v) is 5.56. The standard InChI is InChI=1S/C23H28N6O7/c1-2-36-23(35)28-12-10-27(11-13-28)22(34)16(8-9-19(30)31)25-21(33)17-14-18(20(24)32)29(26-17)15-6-4-3-5-7-15/h3-7,14,16H,2,8-13H2,1H3,(H2,24,32)(H,25,33)(H,30,31)/t16-/m0/s1. The molecule has 36 heavy (non-hydrogen) atoms. The van der Waals surface area contributed by atoms with E-state index >= 15 is 0 Å². The number of rotatable bonds is 9. The first-order valence-electron chi connectivity index (χ1n) is 11.4. The predicted octanol–water partition coefficient (Wildman–Crippen LogP) is 0.235. The van der Waals surface area contributed by atoms with E-state index in [1.807, 2.05) is 0 Å². The van der Waals surface area contributed by atoms with E-state index in [1.54, 1.807) is 37.3 Å². The van der Waals surface area contributed by atoms with E-state index in [-0.39, 0.29) is 57.0 Å². The van der Waals surface area contributed by atoms with Gasteiger partial charge in [-0.2, -0.15) is 5.10 Å². The Morgan fingerprint density at radius 1 is 1.08 bits per heavy atom. The molecule has 0 aliphatic carbocycles. The lowest BCUT2D eigenvalue weighted by atomic mass is 10.1. The average Bonchev–Trinajstić information content (AvgIpc) is 3.33. The number of nitrogens with zero attached hydrogens (tertiary/aromatic N) is 4. The third kappa shape index (κ3) is 6.37. The largest absolute Gasteiger partial charge is 0.481 e. The minimum Gasteiger partial charge on any atom is -0.481 e. The van der Waals surface area contributed by atoms with E-state index in [0.29, 0.717) is 5.69 Å². The van der Waals surface area contributed by atoms with Crippen LogP contribution in [-0.2, 0) is 14.3 Å². The van der Waals surface area contributed by atoms with Crippen LogP contribution >= 0.6 is 0 Å². The van der Waals surface area contributed by atoms with E-state index in [2.05, 4.69) is 10.4 Å². The van der Waals surface area contributed by atoms with Gasteiger partial charge in [-0.3, -0.25) is 19.2 Å². The number of aromatic nitrogens is 2. The lowest BCUT2D eigenvalue weighted by Gasteiger charge is -2.35. The van der Waals surface area contributed by atoms with Crippen LogP contribution < -0.4 is 11.1 Å². The number of carboxylic acids is 1. The van der Waals surface area contributed by atoms with Gasteiger partial charge in [0, 0.05) is 38.7 Å². The van der Waals surface area contributed by atoms with Crippen molar-refractivity contribution in [2.45, 2.75) is 25.8 Å². The molecule has 13 heteroatoms. The van der Waals surface area contributed by atoms with Gasteiger partial charge in [0.05, 0.1) is 12.3 Å². The molecule has 1 aromatic carbocycles. The molecule has 3 rings (SSSR count). The van der Waals surface area contributed by atoms with Crippen molar-refractivity contribution in [3.8, 4) is 5.69 Å². The molecule has 1 atom stereocenters. The molecule has 4 amide bonds. The van der Waals surface area contributed by atoms with E-state index in [0.717, 1.165) is 0 Å². The van der Waals surface area contributed by atoms with Crippen LogP contribution in [0.3, 0.4) is 0 Å². The summed E-state index contributed by atoms with van der Waals surface area (Å²) in [5.41, 5.74) is 5.76. The second-order valence-electron chi connectivity index (χ2n) is 8.00. The van der Waals surface area contributed by atoms with Crippen molar-refractivity contribution in [2.75, 3.05) is 32.8 Å². The molecule has 192 valence electrons. The minimum atomic E-state index is -1.15. The van der Waals surface area contributed by atoms with Crippen LogP contribution in [-0.4, -0.2) is 93.3 Å². The summed E-state index contributed by atoms with van der Waals surface area (Å²) in [5.74, 6) is -3.17. The van der Waals surface area contributed by atoms with Crippen LogP contribution in [0.25, 0.3) is 5.69 Å². The molecule has 0 spiro atoms. The molecular weight excluding hydrogens is 472 g/mol. The van der Waals surface area contributed by atoms with Gasteiger partial charge in [-0.15, -0.1) is 0 Å². The van der Waals surface area contributed by atoms with E-state index in [4.69, 9.17) is 15.6 Å².